The largest absolute Gasteiger partial charge is 0.425 e. The van der Waals surface area contributed by atoms with Crippen LogP contribution in [0.15, 0.2) is 42.5 Å². The van der Waals surface area contributed by atoms with Crippen LogP contribution in [-0.4, -0.2) is 61.6 Å². The summed E-state index contributed by atoms with van der Waals surface area (Å²) in [4.78, 5) is 30.2. The number of carbonyl (C=O) groups is 2. The summed E-state index contributed by atoms with van der Waals surface area (Å²) in [5.41, 5.74) is -0.477. The van der Waals surface area contributed by atoms with Gasteiger partial charge in [-0.3, -0.25) is 14.5 Å². The molecule has 0 aromatic heterocycles. The first-order valence-corrected chi connectivity index (χ1v) is 13.9. The van der Waals surface area contributed by atoms with E-state index in [4.69, 9.17) is 21.1 Å². The molecule has 3 aliphatic rings. The second-order valence-corrected chi connectivity index (χ2v) is 12.3. The van der Waals surface area contributed by atoms with E-state index in [1.54, 1.807) is 18.2 Å². The molecule has 204 valence electrons. The van der Waals surface area contributed by atoms with Gasteiger partial charge in [0.25, 0.3) is 0 Å². The molecule has 1 spiro atoms. The highest BCUT2D eigenvalue weighted by molar-refractivity contribution is 6.30. The van der Waals surface area contributed by atoms with Crippen LogP contribution in [0.2, 0.25) is 5.02 Å². The maximum absolute atomic E-state index is 15.7. The fraction of sp³-hybridized carbons (Fsp3) is 0.533. The van der Waals surface area contributed by atoms with Crippen molar-refractivity contribution in [2.75, 3.05) is 32.8 Å². The van der Waals surface area contributed by atoms with Crippen molar-refractivity contribution in [3.8, 4) is 5.75 Å². The molecule has 1 N–H and O–H groups in total. The number of nitrogens with zero attached hydrogens (tertiary/aromatic N) is 1. The Labute approximate surface area is 228 Å². The molecule has 0 saturated carbocycles. The first-order chi connectivity index (χ1) is 18.1. The number of morpholine rings is 1. The molecule has 0 aliphatic carbocycles. The van der Waals surface area contributed by atoms with Crippen LogP contribution in [0.25, 0.3) is 0 Å². The highest BCUT2D eigenvalue weighted by Crippen LogP contribution is 2.57. The molecule has 0 radical (unpaired) electrons. The number of halogens is 2. The second kappa shape index (κ2) is 10.7. The normalized spacial score (nSPS) is 27.5. The average Bonchev–Trinajstić information content (AvgIpc) is 3.36. The van der Waals surface area contributed by atoms with Crippen LogP contribution in [0.3, 0.4) is 0 Å². The standard InChI is InChI=1S/C30H36ClFN2O4/c1-29(2,3)18-24-30(20-9-4-5-12-23(20)38-28(30)36)25(19-8-6-10-21(31)26(19)32)27(33-24)22(35)11-7-13-34-14-16-37-17-15-34/h4-6,8-10,12,24-25,27,33H,7,11,13-18H2,1-3H3/t24-,25+,27+,30+/m1/s1. The number of para-hydroxylation sites is 1. The van der Waals surface area contributed by atoms with Crippen LogP contribution in [0.4, 0.5) is 4.39 Å². The van der Waals surface area contributed by atoms with Gasteiger partial charge < -0.3 is 14.8 Å². The van der Waals surface area contributed by atoms with Crippen molar-refractivity contribution in [2.45, 2.75) is 63.5 Å². The summed E-state index contributed by atoms with van der Waals surface area (Å²) in [6.07, 6.45) is 1.59. The first-order valence-electron chi connectivity index (χ1n) is 13.5. The Morgan fingerprint density at radius 1 is 1.16 bits per heavy atom. The summed E-state index contributed by atoms with van der Waals surface area (Å²) in [6.45, 7) is 10.2. The number of ketones is 1. The summed E-state index contributed by atoms with van der Waals surface area (Å²) >= 11 is 6.25. The number of nitrogens with one attached hydrogen (secondary N) is 1. The maximum Gasteiger partial charge on any atom is 0.324 e. The number of hydrogen-bond donors (Lipinski definition) is 1. The van der Waals surface area contributed by atoms with Gasteiger partial charge in [-0.05, 0) is 42.5 Å². The van der Waals surface area contributed by atoms with Crippen molar-refractivity contribution < 1.29 is 23.5 Å². The molecule has 2 aromatic rings. The van der Waals surface area contributed by atoms with Gasteiger partial charge in [-0.25, -0.2) is 4.39 Å². The Morgan fingerprint density at radius 2 is 1.89 bits per heavy atom. The van der Waals surface area contributed by atoms with Crippen molar-refractivity contribution in [1.82, 2.24) is 10.2 Å². The predicted octanol–water partition coefficient (Wildman–Crippen LogP) is 4.88. The van der Waals surface area contributed by atoms with Gasteiger partial charge >= 0.3 is 5.97 Å². The molecule has 2 saturated heterocycles. The second-order valence-electron chi connectivity index (χ2n) is 11.9. The van der Waals surface area contributed by atoms with E-state index < -0.39 is 35.2 Å². The fourth-order valence-electron chi connectivity index (χ4n) is 6.49. The number of carbonyl (C=O) groups excluding carboxylic acids is 2. The van der Waals surface area contributed by atoms with E-state index in [2.05, 4.69) is 31.0 Å². The molecule has 4 atom stereocenters. The van der Waals surface area contributed by atoms with Crippen LogP contribution >= 0.6 is 11.6 Å². The molecule has 5 rings (SSSR count). The molecule has 2 fully saturated rings. The summed E-state index contributed by atoms with van der Waals surface area (Å²) in [5, 5.41) is 3.51. The van der Waals surface area contributed by atoms with Gasteiger partial charge in [0.1, 0.15) is 22.8 Å². The van der Waals surface area contributed by atoms with Crippen molar-refractivity contribution in [3.63, 3.8) is 0 Å². The molecule has 6 nitrogen and oxygen atoms in total. The molecule has 3 aliphatic heterocycles. The van der Waals surface area contributed by atoms with Crippen LogP contribution in [0.5, 0.6) is 5.75 Å². The number of Topliss-reactive ketones (excluding diaryl/α,β-unsaturated/α-hetero) is 1. The zero-order chi connectivity index (χ0) is 27.1. The molecule has 0 amide bonds. The SMILES string of the molecule is CC(C)(C)C[C@H]1N[C@@H](C(=O)CCCN2CCOCC2)[C@H](c2cccc(Cl)c2F)[C@@]12C(=O)Oc1ccccc12. The van der Waals surface area contributed by atoms with Crippen molar-refractivity contribution >= 4 is 23.4 Å². The van der Waals surface area contributed by atoms with E-state index >= 15 is 4.39 Å². The lowest BCUT2D eigenvalue weighted by atomic mass is 9.62. The van der Waals surface area contributed by atoms with Crippen molar-refractivity contribution in [3.05, 3.63) is 64.4 Å². The topological polar surface area (TPSA) is 67.9 Å². The third-order valence-corrected chi connectivity index (χ3v) is 8.40. The predicted molar refractivity (Wildman–Crippen MR) is 144 cm³/mol. The lowest BCUT2D eigenvalue weighted by molar-refractivity contribution is -0.139. The zero-order valence-electron chi connectivity index (χ0n) is 22.3. The van der Waals surface area contributed by atoms with E-state index in [0.717, 1.165) is 19.6 Å². The van der Waals surface area contributed by atoms with E-state index in [-0.39, 0.29) is 21.8 Å². The number of benzene rings is 2. The molecular weight excluding hydrogens is 507 g/mol. The maximum atomic E-state index is 15.7. The zero-order valence-corrected chi connectivity index (χ0v) is 23.0. The first kappa shape index (κ1) is 27.3. The summed E-state index contributed by atoms with van der Waals surface area (Å²) in [5.74, 6) is -1.42. The molecule has 0 unspecified atom stereocenters. The highest BCUT2D eigenvalue weighted by Gasteiger charge is 2.67. The van der Waals surface area contributed by atoms with Crippen molar-refractivity contribution in [1.29, 1.82) is 0 Å². The summed E-state index contributed by atoms with van der Waals surface area (Å²) in [7, 11) is 0. The van der Waals surface area contributed by atoms with Crippen molar-refractivity contribution in [2.24, 2.45) is 5.41 Å². The summed E-state index contributed by atoms with van der Waals surface area (Å²) < 4.78 is 27.0. The minimum Gasteiger partial charge on any atom is -0.425 e. The van der Waals surface area contributed by atoms with Gasteiger partial charge in [-0.1, -0.05) is 62.7 Å². The van der Waals surface area contributed by atoms with E-state index in [1.165, 1.54) is 6.07 Å². The number of hydrogen-bond acceptors (Lipinski definition) is 6. The Hall–Kier alpha value is -2.32. The van der Waals surface area contributed by atoms with Gasteiger partial charge in [0, 0.05) is 37.0 Å². The smallest absolute Gasteiger partial charge is 0.324 e. The fourth-order valence-corrected chi connectivity index (χ4v) is 6.68. The Morgan fingerprint density at radius 3 is 2.63 bits per heavy atom. The Bertz CT molecular complexity index is 1210. The van der Waals surface area contributed by atoms with Crippen LogP contribution in [0.1, 0.15) is 57.1 Å². The van der Waals surface area contributed by atoms with E-state index in [1.807, 2.05) is 18.2 Å². The molecule has 2 aromatic carbocycles. The van der Waals surface area contributed by atoms with Gasteiger partial charge in [0.2, 0.25) is 0 Å². The van der Waals surface area contributed by atoms with Crippen LogP contribution in [0, 0.1) is 11.2 Å². The third kappa shape index (κ3) is 4.90. The lowest BCUT2D eigenvalue weighted by Crippen LogP contribution is -2.49. The minimum absolute atomic E-state index is 0.0319. The average molecular weight is 543 g/mol. The number of esters is 1. The Kier molecular flexibility index (Phi) is 7.66. The van der Waals surface area contributed by atoms with E-state index in [9.17, 15) is 9.59 Å². The van der Waals surface area contributed by atoms with Gasteiger partial charge in [0.05, 0.1) is 24.3 Å². The summed E-state index contributed by atoms with van der Waals surface area (Å²) in [6, 6.07) is 10.9. The number of fused-ring (bicyclic) bond motifs is 2. The molecule has 0 bridgehead atoms. The number of ether oxygens (including phenoxy) is 2. The van der Waals surface area contributed by atoms with Gasteiger partial charge in [0.15, 0.2) is 0 Å². The molecule has 8 heteroatoms. The third-order valence-electron chi connectivity index (χ3n) is 8.11. The Balaban J connectivity index is 1.57. The lowest BCUT2D eigenvalue weighted by Gasteiger charge is -2.36. The number of rotatable bonds is 7. The van der Waals surface area contributed by atoms with Gasteiger partial charge in [-0.2, -0.15) is 0 Å². The monoisotopic (exact) mass is 542 g/mol. The minimum atomic E-state index is -1.26. The van der Waals surface area contributed by atoms with Gasteiger partial charge in [-0.15, -0.1) is 0 Å². The molecule has 3 heterocycles. The van der Waals surface area contributed by atoms with Crippen LogP contribution in [-0.2, 0) is 19.7 Å². The van der Waals surface area contributed by atoms with E-state index in [0.29, 0.717) is 43.8 Å². The molecule has 38 heavy (non-hydrogen) atoms. The highest BCUT2D eigenvalue weighted by atomic mass is 35.5. The molecular formula is C30H36ClFN2O4. The quantitative estimate of drug-likeness (QED) is 0.397. The van der Waals surface area contributed by atoms with Crippen LogP contribution < -0.4 is 10.1 Å².